The first-order chi connectivity index (χ1) is 12.0. The smallest absolute Gasteiger partial charge is 0.291 e. The first-order valence-corrected chi connectivity index (χ1v) is 8.26. The molecule has 1 heterocycles. The van der Waals surface area contributed by atoms with Gasteiger partial charge in [0.05, 0.1) is 5.69 Å². The van der Waals surface area contributed by atoms with Crippen molar-refractivity contribution >= 4 is 35.3 Å². The van der Waals surface area contributed by atoms with Crippen LogP contribution in [0.4, 0.5) is 20.6 Å². The molecule has 0 saturated heterocycles. The zero-order chi connectivity index (χ0) is 18.0. The molecule has 5 nitrogen and oxygen atoms in total. The fraction of sp³-hybridized carbons (Fsp3) is 0.222. The van der Waals surface area contributed by atoms with Gasteiger partial charge in [0.25, 0.3) is 0 Å². The monoisotopic (exact) mass is 360 g/mol. The molecule has 0 aromatic heterocycles. The van der Waals surface area contributed by atoms with Crippen LogP contribution in [0.5, 0.6) is 0 Å². The molecule has 0 fully saturated rings. The lowest BCUT2D eigenvalue weighted by molar-refractivity contribution is 0.228. The third-order valence-corrected chi connectivity index (χ3v) is 4.03. The maximum atomic E-state index is 13.2. The summed E-state index contributed by atoms with van der Waals surface area (Å²) in [6.45, 7) is 4.09. The highest BCUT2D eigenvalue weighted by Gasteiger charge is 2.28. The molecule has 0 unspecified atom stereocenters. The van der Waals surface area contributed by atoms with Gasteiger partial charge in [-0.3, -0.25) is 9.80 Å². The molecule has 2 amide bonds. The van der Waals surface area contributed by atoms with Gasteiger partial charge in [0.1, 0.15) is 18.8 Å². The van der Waals surface area contributed by atoms with Crippen LogP contribution in [0.3, 0.4) is 0 Å². The molecule has 1 aliphatic heterocycles. The van der Waals surface area contributed by atoms with E-state index in [-0.39, 0.29) is 24.6 Å². The Morgan fingerprint density at radius 3 is 2.60 bits per heavy atom. The van der Waals surface area contributed by atoms with Crippen LogP contribution < -0.4 is 9.91 Å². The van der Waals surface area contributed by atoms with E-state index in [2.05, 4.69) is 5.10 Å². The van der Waals surface area contributed by atoms with Crippen LogP contribution in [0.25, 0.3) is 0 Å². The molecule has 2 aromatic carbocycles. The highest BCUT2D eigenvalue weighted by Crippen LogP contribution is 2.24. The summed E-state index contributed by atoms with van der Waals surface area (Å²) in [5.41, 5.74) is 1.44. The topological polar surface area (TPSA) is 39.2 Å². The van der Waals surface area contributed by atoms with Crippen LogP contribution in [0.2, 0.25) is 5.02 Å². The van der Waals surface area contributed by atoms with Crippen molar-refractivity contribution in [2.75, 3.05) is 16.6 Å². The molecule has 0 spiro atoms. The van der Waals surface area contributed by atoms with Crippen molar-refractivity contribution in [2.24, 2.45) is 5.10 Å². The number of anilines is 2. The van der Waals surface area contributed by atoms with Crippen LogP contribution in [0.15, 0.2) is 53.6 Å². The molecule has 0 aliphatic carbocycles. The molecule has 0 radical (unpaired) electrons. The number of carbonyl (C=O) groups excluding carboxylic acids is 1. The first kappa shape index (κ1) is 17.2. The molecule has 0 saturated carbocycles. The summed E-state index contributed by atoms with van der Waals surface area (Å²) in [5, 5.41) is 6.56. The number of hydrogen-bond acceptors (Lipinski definition) is 3. The van der Waals surface area contributed by atoms with Gasteiger partial charge in [0, 0.05) is 16.8 Å². The van der Waals surface area contributed by atoms with Gasteiger partial charge in [0.2, 0.25) is 0 Å². The van der Waals surface area contributed by atoms with Crippen LogP contribution in [0.1, 0.15) is 13.8 Å². The second-order valence-corrected chi connectivity index (χ2v) is 6.38. The predicted octanol–water partition coefficient (Wildman–Crippen LogP) is 4.54. The largest absolute Gasteiger partial charge is 0.331 e. The van der Waals surface area contributed by atoms with Gasteiger partial charge in [-0.25, -0.2) is 14.2 Å². The molecule has 2 aromatic rings. The first-order valence-electron chi connectivity index (χ1n) is 7.88. The Morgan fingerprint density at radius 1 is 1.24 bits per heavy atom. The lowest BCUT2D eigenvalue weighted by Crippen LogP contribution is -2.46. The van der Waals surface area contributed by atoms with E-state index in [1.807, 2.05) is 26.0 Å². The lowest BCUT2D eigenvalue weighted by atomic mass is 10.2. The third-order valence-electron chi connectivity index (χ3n) is 3.80. The molecular formula is C18H18ClFN4O. The number of amides is 2. The number of halogens is 2. The average Bonchev–Trinajstić information content (AvgIpc) is 3.06. The Kier molecular flexibility index (Phi) is 4.90. The molecule has 0 atom stereocenters. The van der Waals surface area contributed by atoms with Gasteiger partial charge in [-0.15, -0.1) is 0 Å². The van der Waals surface area contributed by atoms with E-state index in [4.69, 9.17) is 11.6 Å². The highest BCUT2D eigenvalue weighted by molar-refractivity contribution is 6.30. The minimum absolute atomic E-state index is 0.0911. The Morgan fingerprint density at radius 2 is 1.96 bits per heavy atom. The Balaban J connectivity index is 1.78. The SMILES string of the molecule is CC(C)N(C(=O)N1C=NN(c2cccc(Cl)c2)C1)c1ccc(F)cc1. The molecule has 3 rings (SSSR count). The summed E-state index contributed by atoms with van der Waals surface area (Å²) in [6.07, 6.45) is 1.49. The van der Waals surface area contributed by atoms with Crippen molar-refractivity contribution in [2.45, 2.75) is 19.9 Å². The van der Waals surface area contributed by atoms with Gasteiger partial charge in [-0.2, -0.15) is 5.10 Å². The second-order valence-electron chi connectivity index (χ2n) is 5.94. The highest BCUT2D eigenvalue weighted by atomic mass is 35.5. The molecule has 7 heteroatoms. The van der Waals surface area contributed by atoms with Gasteiger partial charge in [-0.1, -0.05) is 17.7 Å². The summed E-state index contributed by atoms with van der Waals surface area (Å²) in [4.78, 5) is 16.0. The Labute approximate surface area is 150 Å². The average molecular weight is 361 g/mol. The summed E-state index contributed by atoms with van der Waals surface area (Å²) < 4.78 is 13.2. The zero-order valence-corrected chi connectivity index (χ0v) is 14.7. The van der Waals surface area contributed by atoms with Crippen molar-refractivity contribution in [3.05, 3.63) is 59.4 Å². The van der Waals surface area contributed by atoms with Crippen LogP contribution >= 0.6 is 11.6 Å². The van der Waals surface area contributed by atoms with Crippen LogP contribution in [0, 0.1) is 5.82 Å². The normalized spacial score (nSPS) is 13.6. The summed E-state index contributed by atoms with van der Waals surface area (Å²) in [7, 11) is 0. The van der Waals surface area contributed by atoms with E-state index >= 15 is 0 Å². The maximum absolute atomic E-state index is 13.2. The quantitative estimate of drug-likeness (QED) is 0.806. The van der Waals surface area contributed by atoms with Crippen molar-refractivity contribution in [3.8, 4) is 0 Å². The van der Waals surface area contributed by atoms with Gasteiger partial charge in [0.15, 0.2) is 0 Å². The maximum Gasteiger partial charge on any atom is 0.331 e. The van der Waals surface area contributed by atoms with E-state index in [9.17, 15) is 9.18 Å². The lowest BCUT2D eigenvalue weighted by Gasteiger charge is -2.30. The second kappa shape index (κ2) is 7.11. The number of carbonyl (C=O) groups is 1. The van der Waals surface area contributed by atoms with Crippen molar-refractivity contribution in [3.63, 3.8) is 0 Å². The van der Waals surface area contributed by atoms with E-state index in [0.717, 1.165) is 5.69 Å². The van der Waals surface area contributed by atoms with Crippen LogP contribution in [-0.4, -0.2) is 30.0 Å². The Hall–Kier alpha value is -2.60. The zero-order valence-electron chi connectivity index (χ0n) is 13.9. The molecule has 0 bridgehead atoms. The number of hydrazone groups is 1. The third kappa shape index (κ3) is 3.74. The predicted molar refractivity (Wildman–Crippen MR) is 98.5 cm³/mol. The minimum Gasteiger partial charge on any atom is -0.291 e. The van der Waals surface area contributed by atoms with Crippen molar-refractivity contribution in [1.82, 2.24) is 4.90 Å². The molecule has 1 aliphatic rings. The summed E-state index contributed by atoms with van der Waals surface area (Å²) in [5.74, 6) is -0.338. The van der Waals surface area contributed by atoms with Gasteiger partial charge >= 0.3 is 6.03 Å². The summed E-state index contributed by atoms with van der Waals surface area (Å²) >= 11 is 6.01. The number of benzene rings is 2. The molecule has 25 heavy (non-hydrogen) atoms. The number of rotatable bonds is 3. The van der Waals surface area contributed by atoms with Crippen molar-refractivity contribution < 1.29 is 9.18 Å². The van der Waals surface area contributed by atoms with Gasteiger partial charge < -0.3 is 0 Å². The number of nitrogens with zero attached hydrogens (tertiary/aromatic N) is 4. The fourth-order valence-electron chi connectivity index (χ4n) is 2.61. The number of urea groups is 1. The fourth-order valence-corrected chi connectivity index (χ4v) is 2.79. The molecular weight excluding hydrogens is 343 g/mol. The van der Waals surface area contributed by atoms with E-state index in [1.54, 1.807) is 34.2 Å². The van der Waals surface area contributed by atoms with Crippen LogP contribution in [-0.2, 0) is 0 Å². The van der Waals surface area contributed by atoms with Crippen molar-refractivity contribution in [1.29, 1.82) is 0 Å². The van der Waals surface area contributed by atoms with E-state index in [1.165, 1.54) is 23.4 Å². The Bertz CT molecular complexity index is 794. The van der Waals surface area contributed by atoms with E-state index in [0.29, 0.717) is 10.7 Å². The molecule has 0 N–H and O–H groups in total. The molecule has 130 valence electrons. The van der Waals surface area contributed by atoms with E-state index < -0.39 is 0 Å². The number of hydrogen-bond donors (Lipinski definition) is 0. The summed E-state index contributed by atoms with van der Waals surface area (Å²) in [6, 6.07) is 12.8. The standard InChI is InChI=1S/C18H18ClFN4O/c1-13(2)24(16-8-6-15(20)7-9-16)18(25)22-11-21-23(12-22)17-5-3-4-14(19)10-17/h3-11,13H,12H2,1-2H3. The minimum atomic E-state index is -0.338. The van der Waals surface area contributed by atoms with Gasteiger partial charge in [-0.05, 0) is 56.3 Å².